The van der Waals surface area contributed by atoms with E-state index in [4.69, 9.17) is 4.74 Å². The molecule has 2 aromatic carbocycles. The zero-order valence-electron chi connectivity index (χ0n) is 17.9. The summed E-state index contributed by atoms with van der Waals surface area (Å²) >= 11 is 0. The van der Waals surface area contributed by atoms with Crippen LogP contribution in [-0.4, -0.2) is 48.3 Å². The highest BCUT2D eigenvalue weighted by atomic mass is 16.5. The molecule has 1 amide bonds. The Kier molecular flexibility index (Phi) is 6.23. The molecule has 0 saturated heterocycles. The summed E-state index contributed by atoms with van der Waals surface area (Å²) in [5.41, 5.74) is 2.68. The Hall–Kier alpha value is -2.86. The average Bonchev–Trinajstić information content (AvgIpc) is 3.06. The van der Waals surface area contributed by atoms with E-state index in [0.29, 0.717) is 18.0 Å². The third kappa shape index (κ3) is 5.35. The fraction of sp³-hybridized carbons (Fsp3) is 0.391. The van der Waals surface area contributed by atoms with E-state index in [1.54, 1.807) is 0 Å². The number of rotatable bonds is 7. The Morgan fingerprint density at radius 3 is 2.52 bits per heavy atom. The van der Waals surface area contributed by atoms with Crippen molar-refractivity contribution in [2.45, 2.75) is 32.6 Å². The number of anilines is 1. The molecule has 3 rings (SSSR count). The maximum atomic E-state index is 12.6. The van der Waals surface area contributed by atoms with Crippen LogP contribution in [0.5, 0.6) is 5.75 Å². The number of aromatic nitrogens is 2. The first-order valence-electron chi connectivity index (χ1n) is 9.91. The normalized spacial score (nSPS) is 11.8. The first kappa shape index (κ1) is 20.9. The second-order valence-electron chi connectivity index (χ2n) is 8.57. The van der Waals surface area contributed by atoms with Gasteiger partial charge >= 0.3 is 0 Å². The van der Waals surface area contributed by atoms with Crippen molar-refractivity contribution >= 4 is 22.6 Å². The quantitative estimate of drug-likeness (QED) is 0.581. The van der Waals surface area contributed by atoms with Gasteiger partial charge in [0.15, 0.2) is 5.82 Å². The van der Waals surface area contributed by atoms with Crippen molar-refractivity contribution in [3.63, 3.8) is 0 Å². The van der Waals surface area contributed by atoms with Crippen molar-refractivity contribution in [1.29, 1.82) is 0 Å². The fourth-order valence-electron chi connectivity index (χ4n) is 3.06. The molecule has 0 aliphatic carbocycles. The molecular formula is C23H30N4O2. The lowest BCUT2D eigenvalue weighted by molar-refractivity contribution is 0.102. The minimum atomic E-state index is -0.178. The summed E-state index contributed by atoms with van der Waals surface area (Å²) in [6, 6.07) is 13.4. The molecule has 2 N–H and O–H groups in total. The van der Waals surface area contributed by atoms with Gasteiger partial charge in [0.1, 0.15) is 5.75 Å². The van der Waals surface area contributed by atoms with Gasteiger partial charge in [0.25, 0.3) is 5.91 Å². The largest absolute Gasteiger partial charge is 0.493 e. The zero-order chi connectivity index (χ0) is 21.0. The van der Waals surface area contributed by atoms with Gasteiger partial charge in [-0.05, 0) is 55.8 Å². The zero-order valence-corrected chi connectivity index (χ0v) is 17.9. The Bertz CT molecular complexity index is 969. The van der Waals surface area contributed by atoms with Gasteiger partial charge < -0.3 is 15.0 Å². The molecule has 29 heavy (non-hydrogen) atoms. The van der Waals surface area contributed by atoms with E-state index >= 15 is 0 Å². The van der Waals surface area contributed by atoms with Crippen LogP contribution in [0, 0.1) is 0 Å². The summed E-state index contributed by atoms with van der Waals surface area (Å²) in [4.78, 5) is 14.8. The Morgan fingerprint density at radius 1 is 1.14 bits per heavy atom. The van der Waals surface area contributed by atoms with Crippen molar-refractivity contribution in [2.75, 3.05) is 32.6 Å². The third-order valence-corrected chi connectivity index (χ3v) is 4.80. The van der Waals surface area contributed by atoms with E-state index in [-0.39, 0.29) is 11.3 Å². The number of fused-ring (bicyclic) bond motifs is 1. The number of H-pyrrole nitrogens is 1. The standard InChI is InChI=1S/C23H30N4O2/c1-23(2,3)17-9-7-16(8-10-17)22(28)24-21-19-12-11-18(15-20(19)25-26-21)29-14-6-13-27(4)5/h7-12,15H,6,13-14H2,1-5H3,(H2,24,25,26,28). The molecule has 0 aliphatic heterocycles. The van der Waals surface area contributed by atoms with E-state index in [1.165, 1.54) is 5.56 Å². The smallest absolute Gasteiger partial charge is 0.256 e. The van der Waals surface area contributed by atoms with Crippen LogP contribution < -0.4 is 10.1 Å². The van der Waals surface area contributed by atoms with Crippen LogP contribution in [0.2, 0.25) is 0 Å². The molecule has 0 saturated carbocycles. The van der Waals surface area contributed by atoms with Crippen LogP contribution in [0.3, 0.4) is 0 Å². The van der Waals surface area contributed by atoms with Gasteiger partial charge in [-0.15, -0.1) is 0 Å². The summed E-state index contributed by atoms with van der Waals surface area (Å²) in [5, 5.41) is 11.0. The summed E-state index contributed by atoms with van der Waals surface area (Å²) in [7, 11) is 4.09. The average molecular weight is 395 g/mol. The van der Waals surface area contributed by atoms with Gasteiger partial charge in [-0.3, -0.25) is 9.89 Å². The van der Waals surface area contributed by atoms with Crippen LogP contribution in [0.15, 0.2) is 42.5 Å². The lowest BCUT2D eigenvalue weighted by Gasteiger charge is -2.18. The summed E-state index contributed by atoms with van der Waals surface area (Å²) < 4.78 is 5.80. The van der Waals surface area contributed by atoms with E-state index in [9.17, 15) is 4.79 Å². The molecule has 0 spiro atoms. The summed E-state index contributed by atoms with van der Waals surface area (Å²) in [6.07, 6.45) is 0.962. The minimum absolute atomic E-state index is 0.0552. The van der Waals surface area contributed by atoms with E-state index < -0.39 is 0 Å². The molecule has 6 heteroatoms. The first-order valence-corrected chi connectivity index (χ1v) is 9.91. The van der Waals surface area contributed by atoms with Crippen molar-refractivity contribution in [2.24, 2.45) is 0 Å². The predicted octanol–water partition coefficient (Wildman–Crippen LogP) is 4.44. The van der Waals surface area contributed by atoms with Gasteiger partial charge in [-0.1, -0.05) is 32.9 Å². The van der Waals surface area contributed by atoms with E-state index in [1.807, 2.05) is 56.6 Å². The molecule has 1 aromatic heterocycles. The van der Waals surface area contributed by atoms with Crippen molar-refractivity contribution < 1.29 is 9.53 Å². The number of aromatic amines is 1. The Balaban J connectivity index is 1.66. The number of hydrogen-bond donors (Lipinski definition) is 2. The third-order valence-electron chi connectivity index (χ3n) is 4.80. The molecule has 3 aromatic rings. The predicted molar refractivity (Wildman–Crippen MR) is 118 cm³/mol. The van der Waals surface area contributed by atoms with Crippen molar-refractivity contribution in [1.82, 2.24) is 15.1 Å². The SMILES string of the molecule is CN(C)CCCOc1ccc2c(NC(=O)c3ccc(C(C)(C)C)cc3)n[nH]c2c1. The highest BCUT2D eigenvalue weighted by molar-refractivity contribution is 6.07. The molecule has 0 unspecified atom stereocenters. The molecule has 0 aliphatic rings. The highest BCUT2D eigenvalue weighted by Gasteiger charge is 2.15. The van der Waals surface area contributed by atoms with Crippen LogP contribution in [-0.2, 0) is 5.41 Å². The maximum Gasteiger partial charge on any atom is 0.256 e. The van der Waals surface area contributed by atoms with Gasteiger partial charge in [0.2, 0.25) is 0 Å². The molecule has 0 radical (unpaired) electrons. The topological polar surface area (TPSA) is 70.2 Å². The number of benzene rings is 2. The van der Waals surface area contributed by atoms with Crippen LogP contribution >= 0.6 is 0 Å². The van der Waals surface area contributed by atoms with Gasteiger partial charge in [0.05, 0.1) is 12.1 Å². The lowest BCUT2D eigenvalue weighted by Crippen LogP contribution is -2.15. The summed E-state index contributed by atoms with van der Waals surface area (Å²) in [6.45, 7) is 8.10. The molecule has 6 nitrogen and oxygen atoms in total. The number of nitrogens with one attached hydrogen (secondary N) is 2. The number of carbonyl (C=O) groups excluding carboxylic acids is 1. The van der Waals surface area contributed by atoms with Crippen molar-refractivity contribution in [3.05, 3.63) is 53.6 Å². The van der Waals surface area contributed by atoms with Crippen molar-refractivity contribution in [3.8, 4) is 5.75 Å². The van der Waals surface area contributed by atoms with Gasteiger partial charge in [-0.2, -0.15) is 5.10 Å². The number of nitrogens with zero attached hydrogens (tertiary/aromatic N) is 2. The van der Waals surface area contributed by atoms with Crippen LogP contribution in [0.4, 0.5) is 5.82 Å². The molecule has 0 atom stereocenters. The number of ether oxygens (including phenoxy) is 1. The highest BCUT2D eigenvalue weighted by Crippen LogP contribution is 2.26. The number of amides is 1. The molecular weight excluding hydrogens is 364 g/mol. The molecule has 1 heterocycles. The van der Waals surface area contributed by atoms with E-state index in [2.05, 4.69) is 41.2 Å². The van der Waals surface area contributed by atoms with Gasteiger partial charge in [0, 0.05) is 23.6 Å². The maximum absolute atomic E-state index is 12.6. The lowest BCUT2D eigenvalue weighted by atomic mass is 9.87. The monoisotopic (exact) mass is 394 g/mol. The molecule has 154 valence electrons. The Morgan fingerprint density at radius 2 is 1.86 bits per heavy atom. The fourth-order valence-corrected chi connectivity index (χ4v) is 3.06. The Labute approximate surface area is 172 Å². The molecule has 0 fully saturated rings. The van der Waals surface area contributed by atoms with Gasteiger partial charge in [-0.25, -0.2) is 0 Å². The number of carbonyl (C=O) groups is 1. The van der Waals surface area contributed by atoms with E-state index in [0.717, 1.165) is 29.6 Å². The minimum Gasteiger partial charge on any atom is -0.493 e. The number of hydrogen-bond acceptors (Lipinski definition) is 4. The second-order valence-corrected chi connectivity index (χ2v) is 8.57. The second kappa shape index (κ2) is 8.66. The summed E-state index contributed by atoms with van der Waals surface area (Å²) in [5.74, 6) is 1.13. The molecule has 0 bridgehead atoms. The first-order chi connectivity index (χ1) is 13.7. The van der Waals surface area contributed by atoms with Crippen LogP contribution in [0.25, 0.3) is 10.9 Å². The van der Waals surface area contributed by atoms with Crippen LogP contribution in [0.1, 0.15) is 43.1 Å².